The fraction of sp³-hybridized carbons (Fsp3) is 0.207. The molecule has 0 unspecified atom stereocenters. The van der Waals surface area contributed by atoms with Crippen LogP contribution in [0.2, 0.25) is 0 Å². The third kappa shape index (κ3) is 4.61. The molecular formula is C29H24N2O6S. The molecule has 0 N–H and O–H groups in total. The van der Waals surface area contributed by atoms with Gasteiger partial charge in [-0.3, -0.25) is 19.7 Å². The molecule has 5 rings (SSSR count). The molecule has 2 aliphatic heterocycles. The molecule has 2 aliphatic rings. The molecule has 8 nitrogen and oxygen atoms in total. The van der Waals surface area contributed by atoms with Crippen LogP contribution in [0.25, 0.3) is 0 Å². The molecule has 3 aromatic rings. The Labute approximate surface area is 223 Å². The summed E-state index contributed by atoms with van der Waals surface area (Å²) in [7, 11) is 0. The van der Waals surface area contributed by atoms with Gasteiger partial charge in [-0.25, -0.2) is 4.79 Å². The highest BCUT2D eigenvalue weighted by molar-refractivity contribution is 8.01. The number of benzene rings is 3. The second-order valence-electron chi connectivity index (χ2n) is 9.59. The third-order valence-electron chi connectivity index (χ3n) is 6.66. The van der Waals surface area contributed by atoms with Crippen molar-refractivity contribution in [1.29, 1.82) is 0 Å². The van der Waals surface area contributed by atoms with E-state index in [1.807, 2.05) is 74.5 Å². The van der Waals surface area contributed by atoms with Crippen molar-refractivity contribution in [2.24, 2.45) is 0 Å². The molecule has 0 saturated carbocycles. The number of allylic oxidation sites excluding steroid dienone is 1. The highest BCUT2D eigenvalue weighted by atomic mass is 32.2. The zero-order valence-corrected chi connectivity index (χ0v) is 21.5. The van der Waals surface area contributed by atoms with Crippen LogP contribution in [0, 0.1) is 10.1 Å². The third-order valence-corrected chi connectivity index (χ3v) is 8.20. The Hall–Kier alpha value is -4.24. The lowest BCUT2D eigenvalue weighted by atomic mass is 9.94. The molecule has 2 atom stereocenters. The number of amides is 1. The van der Waals surface area contributed by atoms with E-state index in [2.05, 4.69) is 0 Å². The largest absolute Gasteiger partial charge is 0.451 e. The number of ketones is 1. The van der Waals surface area contributed by atoms with Crippen molar-refractivity contribution in [2.45, 2.75) is 36.1 Å². The Morgan fingerprint density at radius 1 is 0.974 bits per heavy atom. The molecule has 9 heteroatoms. The maximum absolute atomic E-state index is 13.6. The molecule has 0 bridgehead atoms. The number of nitrogens with zero attached hydrogens (tertiary/aromatic N) is 2. The number of nitro benzene ring substituents is 1. The quantitative estimate of drug-likeness (QED) is 0.105. The van der Waals surface area contributed by atoms with E-state index in [-0.39, 0.29) is 11.3 Å². The highest BCUT2D eigenvalue weighted by Crippen LogP contribution is 2.53. The van der Waals surface area contributed by atoms with Gasteiger partial charge in [0, 0.05) is 22.4 Å². The number of non-ortho nitro benzene ring substituents is 1. The predicted octanol–water partition coefficient (Wildman–Crippen LogP) is 5.10. The molecule has 0 aromatic heterocycles. The van der Waals surface area contributed by atoms with Crippen LogP contribution in [0.15, 0.2) is 96.6 Å². The second-order valence-corrected chi connectivity index (χ2v) is 11.3. The van der Waals surface area contributed by atoms with Crippen LogP contribution in [0.1, 0.15) is 41.4 Å². The van der Waals surface area contributed by atoms with Crippen LogP contribution in [0.5, 0.6) is 0 Å². The van der Waals surface area contributed by atoms with Gasteiger partial charge in [-0.15, -0.1) is 11.8 Å². The first-order valence-corrected chi connectivity index (χ1v) is 12.9. The average molecular weight is 529 g/mol. The number of rotatable bonds is 7. The van der Waals surface area contributed by atoms with Crippen LogP contribution in [-0.2, 0) is 14.3 Å². The normalized spacial score (nSPS) is 20.7. The minimum atomic E-state index is -0.841. The molecule has 0 radical (unpaired) electrons. The van der Waals surface area contributed by atoms with E-state index in [9.17, 15) is 24.5 Å². The van der Waals surface area contributed by atoms with Gasteiger partial charge in [-0.05, 0) is 43.2 Å². The first-order valence-electron chi connectivity index (χ1n) is 12.0. The van der Waals surface area contributed by atoms with Crippen molar-refractivity contribution in [3.8, 4) is 0 Å². The fourth-order valence-electron chi connectivity index (χ4n) is 4.77. The summed E-state index contributed by atoms with van der Waals surface area (Å²) in [6.45, 7) is 3.76. The molecule has 2 fully saturated rings. The molecule has 0 spiro atoms. The standard InChI is InChI=1S/C29H24N2O6S/c1-29(2)25(28(34)37-24(19-9-5-3-6-10-19)20-11-7-4-8-12-20)30-26(33)22(27(30)38-29)17-23(32)18-13-15-21(16-14-18)31(35)36/h3-17,24-25,27H,1-2H3/b22-17-/t25-,27+/m0/s1. The Bertz CT molecular complexity index is 1400. The van der Waals surface area contributed by atoms with Crippen molar-refractivity contribution < 1.29 is 24.0 Å². The maximum atomic E-state index is 13.6. The molecule has 2 heterocycles. The first-order chi connectivity index (χ1) is 18.2. The van der Waals surface area contributed by atoms with E-state index in [1.54, 1.807) is 0 Å². The van der Waals surface area contributed by atoms with Gasteiger partial charge >= 0.3 is 5.97 Å². The summed E-state index contributed by atoms with van der Waals surface area (Å²) in [5, 5.41) is 10.4. The summed E-state index contributed by atoms with van der Waals surface area (Å²) in [5.41, 5.74) is 2.04. The zero-order chi connectivity index (χ0) is 27.0. The number of carbonyl (C=O) groups is 3. The predicted molar refractivity (Wildman–Crippen MR) is 142 cm³/mol. The van der Waals surface area contributed by atoms with E-state index < -0.39 is 44.8 Å². The van der Waals surface area contributed by atoms with E-state index >= 15 is 0 Å². The zero-order valence-electron chi connectivity index (χ0n) is 20.6. The van der Waals surface area contributed by atoms with E-state index in [0.717, 1.165) is 11.1 Å². The van der Waals surface area contributed by atoms with Gasteiger partial charge in [0.2, 0.25) is 0 Å². The monoisotopic (exact) mass is 528 g/mol. The van der Waals surface area contributed by atoms with Crippen LogP contribution < -0.4 is 0 Å². The molecule has 0 aliphatic carbocycles. The van der Waals surface area contributed by atoms with Crippen molar-refractivity contribution in [3.05, 3.63) is 123 Å². The van der Waals surface area contributed by atoms with Gasteiger partial charge in [-0.2, -0.15) is 0 Å². The second kappa shape index (κ2) is 9.90. The molecular weight excluding hydrogens is 504 g/mol. The molecule has 3 aromatic carbocycles. The maximum Gasteiger partial charge on any atom is 0.331 e. The number of fused-ring (bicyclic) bond motifs is 1. The summed E-state index contributed by atoms with van der Waals surface area (Å²) in [4.78, 5) is 51.4. The lowest BCUT2D eigenvalue weighted by Gasteiger charge is -2.39. The number of nitro groups is 1. The van der Waals surface area contributed by atoms with E-state index in [4.69, 9.17) is 4.74 Å². The Morgan fingerprint density at radius 2 is 1.53 bits per heavy atom. The SMILES string of the molecule is CC1(C)S[C@@H]2/C(=C\C(=O)c3ccc([N+](=O)[O-])cc3)C(=O)N2[C@H]1C(=O)OC(c1ccccc1)c1ccccc1. The molecule has 1 amide bonds. The number of ether oxygens (including phenoxy) is 1. The Morgan fingerprint density at radius 3 is 2.05 bits per heavy atom. The van der Waals surface area contributed by atoms with E-state index in [1.165, 1.54) is 47.0 Å². The van der Waals surface area contributed by atoms with Crippen molar-refractivity contribution in [1.82, 2.24) is 4.90 Å². The number of hydrogen-bond donors (Lipinski definition) is 0. The molecule has 192 valence electrons. The van der Waals surface area contributed by atoms with Crippen LogP contribution in [0.3, 0.4) is 0 Å². The van der Waals surface area contributed by atoms with Gasteiger partial charge in [0.1, 0.15) is 11.4 Å². The van der Waals surface area contributed by atoms with Gasteiger partial charge < -0.3 is 9.64 Å². The number of thioether (sulfide) groups is 1. The van der Waals surface area contributed by atoms with Crippen molar-refractivity contribution in [3.63, 3.8) is 0 Å². The topological polar surface area (TPSA) is 107 Å². The van der Waals surface area contributed by atoms with Gasteiger partial charge in [0.05, 0.1) is 10.5 Å². The smallest absolute Gasteiger partial charge is 0.331 e. The van der Waals surface area contributed by atoms with Crippen LogP contribution in [0.4, 0.5) is 5.69 Å². The van der Waals surface area contributed by atoms with Crippen molar-refractivity contribution in [2.75, 3.05) is 0 Å². The summed E-state index contributed by atoms with van der Waals surface area (Å²) in [5.74, 6) is -1.35. The summed E-state index contributed by atoms with van der Waals surface area (Å²) < 4.78 is 5.41. The fourth-order valence-corrected chi connectivity index (χ4v) is 6.31. The number of β-lactam (4-membered cyclic amide) rings is 1. The van der Waals surface area contributed by atoms with Gasteiger partial charge in [0.25, 0.3) is 11.6 Å². The average Bonchev–Trinajstić information content (AvgIpc) is 3.18. The Kier molecular flexibility index (Phi) is 6.62. The van der Waals surface area contributed by atoms with Crippen LogP contribution >= 0.6 is 11.8 Å². The number of hydrogen-bond acceptors (Lipinski definition) is 7. The summed E-state index contributed by atoms with van der Waals surface area (Å²) in [6, 6.07) is 23.2. The van der Waals surface area contributed by atoms with Gasteiger partial charge in [0.15, 0.2) is 11.9 Å². The summed E-state index contributed by atoms with van der Waals surface area (Å²) in [6.07, 6.45) is 0.623. The lowest BCUT2D eigenvalue weighted by Crippen LogP contribution is -2.59. The van der Waals surface area contributed by atoms with E-state index in [0.29, 0.717) is 5.57 Å². The molecule has 38 heavy (non-hydrogen) atoms. The first kappa shape index (κ1) is 25.4. The molecule has 2 saturated heterocycles. The van der Waals surface area contributed by atoms with Crippen LogP contribution in [-0.4, -0.2) is 43.6 Å². The minimum Gasteiger partial charge on any atom is -0.451 e. The summed E-state index contributed by atoms with van der Waals surface area (Å²) >= 11 is 1.42. The minimum absolute atomic E-state index is 0.126. The van der Waals surface area contributed by atoms with Gasteiger partial charge in [-0.1, -0.05) is 60.7 Å². The number of esters is 1. The lowest BCUT2D eigenvalue weighted by molar-refractivity contribution is -0.384. The highest BCUT2D eigenvalue weighted by Gasteiger charge is 2.62. The Balaban J connectivity index is 1.37. The number of carbonyl (C=O) groups excluding carboxylic acids is 3. The van der Waals surface area contributed by atoms with Crippen molar-refractivity contribution >= 4 is 35.1 Å².